The number of methoxy groups -OCH3 is 1. The lowest BCUT2D eigenvalue weighted by Crippen LogP contribution is -2.18. The van der Waals surface area contributed by atoms with Gasteiger partial charge in [-0.1, -0.05) is 58.6 Å². The van der Waals surface area contributed by atoms with Crippen molar-refractivity contribution >= 4 is 36.0 Å². The lowest BCUT2D eigenvalue weighted by Gasteiger charge is -2.12. The third-order valence-corrected chi connectivity index (χ3v) is 6.99. The molecular weight excluding hydrogens is 419 g/mol. The predicted octanol–water partition coefficient (Wildman–Crippen LogP) is 5.80. The van der Waals surface area contributed by atoms with Crippen LogP contribution in [0.15, 0.2) is 54.6 Å². The molecule has 4 nitrogen and oxygen atoms in total. The summed E-state index contributed by atoms with van der Waals surface area (Å²) in [4.78, 5) is 26.3. The van der Waals surface area contributed by atoms with E-state index in [0.29, 0.717) is 27.6 Å². The van der Waals surface area contributed by atoms with Gasteiger partial charge in [0.15, 0.2) is 5.78 Å². The molecule has 0 radical (unpaired) electrons. The second kappa shape index (κ2) is 8.91. The van der Waals surface area contributed by atoms with Gasteiger partial charge in [-0.3, -0.25) is 4.79 Å². The fourth-order valence-electron chi connectivity index (χ4n) is 3.66. The van der Waals surface area contributed by atoms with Crippen molar-refractivity contribution < 1.29 is 18.9 Å². The van der Waals surface area contributed by atoms with E-state index < -0.39 is 13.3 Å². The second-order valence-corrected chi connectivity index (χ2v) is 8.82. The Bertz CT molecular complexity index is 1170. The number of benzene rings is 3. The van der Waals surface area contributed by atoms with E-state index in [-0.39, 0.29) is 22.1 Å². The summed E-state index contributed by atoms with van der Waals surface area (Å²) in [5, 5.41) is 0.535. The van der Waals surface area contributed by atoms with Crippen LogP contribution < -0.4 is 10.0 Å². The molecule has 152 valence electrons. The number of hydrogen-bond donors (Lipinski definition) is 0. The van der Waals surface area contributed by atoms with Crippen LogP contribution in [0.1, 0.15) is 43.0 Å². The topological polar surface area (TPSA) is 60.4 Å². The molecular formula is C24H21ClO4P+. The first kappa shape index (κ1) is 21.9. The van der Waals surface area contributed by atoms with Crippen molar-refractivity contribution in [3.05, 3.63) is 93.0 Å². The number of carbonyl (C=O) groups is 2. The van der Waals surface area contributed by atoms with Gasteiger partial charge in [0.05, 0.1) is 12.1 Å². The van der Waals surface area contributed by atoms with Crippen LogP contribution in [0.5, 0.6) is 5.75 Å². The normalized spacial score (nSPS) is 11.2. The van der Waals surface area contributed by atoms with Gasteiger partial charge in [0, 0.05) is 22.3 Å². The van der Waals surface area contributed by atoms with Crippen molar-refractivity contribution in [2.75, 3.05) is 7.11 Å². The molecule has 0 amide bonds. The lowest BCUT2D eigenvalue weighted by molar-refractivity contribution is 0.103. The van der Waals surface area contributed by atoms with Gasteiger partial charge in [-0.25, -0.2) is 4.79 Å². The number of carbonyl (C=O) groups excluding carboxylic acids is 2. The smallest absolute Gasteiger partial charge is 0.459 e. The highest BCUT2D eigenvalue weighted by Gasteiger charge is 2.40. The molecule has 0 fully saturated rings. The van der Waals surface area contributed by atoms with Crippen LogP contribution >= 0.6 is 19.4 Å². The van der Waals surface area contributed by atoms with Gasteiger partial charge in [-0.05, 0) is 38.5 Å². The molecule has 0 heterocycles. The van der Waals surface area contributed by atoms with Crippen molar-refractivity contribution in [1.29, 1.82) is 0 Å². The van der Waals surface area contributed by atoms with Gasteiger partial charge < -0.3 is 4.74 Å². The maximum atomic E-state index is 13.4. The van der Waals surface area contributed by atoms with Gasteiger partial charge >= 0.3 is 13.3 Å². The summed E-state index contributed by atoms with van der Waals surface area (Å²) in [5.74, 6) is 0.0943. The molecule has 3 aromatic carbocycles. The van der Waals surface area contributed by atoms with E-state index in [1.165, 1.54) is 7.11 Å². The van der Waals surface area contributed by atoms with Gasteiger partial charge in [-0.15, -0.1) is 0 Å². The summed E-state index contributed by atoms with van der Waals surface area (Å²) in [6.45, 7) is 5.36. The van der Waals surface area contributed by atoms with Crippen LogP contribution in [0.4, 0.5) is 0 Å². The monoisotopic (exact) mass is 439 g/mol. The molecule has 0 aliphatic rings. The molecule has 3 aromatic rings. The van der Waals surface area contributed by atoms with E-state index in [0.717, 1.165) is 5.56 Å². The minimum Gasteiger partial charge on any atom is -0.496 e. The summed E-state index contributed by atoms with van der Waals surface area (Å²) in [6, 6.07) is 15.5. The zero-order valence-corrected chi connectivity index (χ0v) is 18.8. The van der Waals surface area contributed by atoms with Gasteiger partial charge in [0.1, 0.15) is 11.3 Å². The molecule has 0 aliphatic carbocycles. The van der Waals surface area contributed by atoms with Crippen LogP contribution in [0, 0.1) is 20.8 Å². The van der Waals surface area contributed by atoms with Crippen molar-refractivity contribution in [3.8, 4) is 5.75 Å². The Morgan fingerprint density at radius 2 is 1.57 bits per heavy atom. The molecule has 0 aromatic heterocycles. The summed E-state index contributed by atoms with van der Waals surface area (Å²) < 4.78 is 18.6. The van der Waals surface area contributed by atoms with E-state index in [4.69, 9.17) is 16.3 Å². The van der Waals surface area contributed by atoms with Gasteiger partial charge in [-0.2, -0.15) is 0 Å². The Labute approximate surface area is 181 Å². The van der Waals surface area contributed by atoms with Crippen LogP contribution in [0.2, 0.25) is 5.02 Å². The average Bonchev–Trinajstić information content (AvgIpc) is 2.73. The van der Waals surface area contributed by atoms with Crippen LogP contribution in [-0.2, 0) is 4.57 Å². The number of aryl methyl sites for hydroxylation is 2. The lowest BCUT2D eigenvalue weighted by atomic mass is 9.93. The molecule has 0 N–H and O–H groups in total. The molecule has 0 saturated heterocycles. The number of ketones is 1. The summed E-state index contributed by atoms with van der Waals surface area (Å²) >= 11 is 6.22. The number of ether oxygens (including phenoxy) is 1. The summed E-state index contributed by atoms with van der Waals surface area (Å²) in [6.07, 6.45) is 0. The minimum atomic E-state index is -2.52. The molecule has 0 aliphatic heterocycles. The van der Waals surface area contributed by atoms with E-state index in [1.807, 2.05) is 13.0 Å². The maximum Gasteiger partial charge on any atom is 0.459 e. The standard InChI is InChI=1S/C24H21ClO4P/c1-14-13-15(2)23(16(3)20(14)22(26)17-9-6-5-7-10-17)30(28)24(27)21-18(25)11-8-12-19(21)29-4/h5-13H,1-4H3/q+1. The molecule has 1 atom stereocenters. The zero-order valence-electron chi connectivity index (χ0n) is 17.2. The quantitative estimate of drug-likeness (QED) is 0.360. The van der Waals surface area contributed by atoms with E-state index in [2.05, 4.69) is 0 Å². The SMILES string of the molecule is COc1cccc(Cl)c1C(=O)[P+](=O)c1c(C)cc(C)c(C(=O)c2ccccc2)c1C. The van der Waals surface area contributed by atoms with Crippen molar-refractivity contribution in [2.24, 2.45) is 0 Å². The number of halogens is 1. The van der Waals surface area contributed by atoms with E-state index in [1.54, 1.807) is 62.4 Å². The van der Waals surface area contributed by atoms with Crippen molar-refractivity contribution in [3.63, 3.8) is 0 Å². The fourth-order valence-corrected chi connectivity index (χ4v) is 5.41. The van der Waals surface area contributed by atoms with Crippen LogP contribution in [-0.4, -0.2) is 18.4 Å². The molecule has 1 unspecified atom stereocenters. The molecule has 3 rings (SSSR count). The highest BCUT2D eigenvalue weighted by Crippen LogP contribution is 2.38. The molecule has 0 spiro atoms. The third kappa shape index (κ3) is 3.94. The zero-order chi connectivity index (χ0) is 22.0. The van der Waals surface area contributed by atoms with Crippen LogP contribution in [0.3, 0.4) is 0 Å². The minimum absolute atomic E-state index is 0.0816. The first-order valence-electron chi connectivity index (χ1n) is 9.32. The molecule has 0 saturated carbocycles. The Kier molecular flexibility index (Phi) is 6.50. The average molecular weight is 440 g/mol. The van der Waals surface area contributed by atoms with Gasteiger partial charge in [0.25, 0.3) is 0 Å². The highest BCUT2D eigenvalue weighted by atomic mass is 35.5. The van der Waals surface area contributed by atoms with Crippen molar-refractivity contribution in [2.45, 2.75) is 20.8 Å². The van der Waals surface area contributed by atoms with Crippen molar-refractivity contribution in [1.82, 2.24) is 0 Å². The second-order valence-electron chi connectivity index (χ2n) is 6.97. The first-order chi connectivity index (χ1) is 14.3. The van der Waals surface area contributed by atoms with Gasteiger partial charge in [0.2, 0.25) is 5.30 Å². The number of hydrogen-bond acceptors (Lipinski definition) is 4. The highest BCUT2D eigenvalue weighted by molar-refractivity contribution is 7.71. The Morgan fingerprint density at radius 3 is 2.20 bits per heavy atom. The maximum absolute atomic E-state index is 13.4. The fraction of sp³-hybridized carbons (Fsp3) is 0.167. The molecule has 0 bridgehead atoms. The van der Waals surface area contributed by atoms with Crippen LogP contribution in [0.25, 0.3) is 0 Å². The van der Waals surface area contributed by atoms with E-state index in [9.17, 15) is 14.2 Å². The third-order valence-electron chi connectivity index (χ3n) is 4.99. The Morgan fingerprint density at radius 1 is 0.900 bits per heavy atom. The van der Waals surface area contributed by atoms with E-state index >= 15 is 0 Å². The molecule has 30 heavy (non-hydrogen) atoms. The first-order valence-corrected chi connectivity index (χ1v) is 11.0. The predicted molar refractivity (Wildman–Crippen MR) is 120 cm³/mol. The number of rotatable bonds is 6. The largest absolute Gasteiger partial charge is 0.496 e. The molecule has 6 heteroatoms. The summed E-state index contributed by atoms with van der Waals surface area (Å²) in [7, 11) is -1.10. The Hall–Kier alpha value is -2.81. The Balaban J connectivity index is 2.14. The summed E-state index contributed by atoms with van der Waals surface area (Å²) in [5.41, 5.74) is 2.46.